The van der Waals surface area contributed by atoms with Crippen LogP contribution in [-0.2, 0) is 25.9 Å². The smallest absolute Gasteiger partial charge is 0.143 e. The summed E-state index contributed by atoms with van der Waals surface area (Å²) in [4.78, 5) is 0. The maximum Gasteiger partial charge on any atom is 2.00 e. The number of hydrogen-bond donors (Lipinski definition) is 0. The summed E-state index contributed by atoms with van der Waals surface area (Å²) in [7, 11) is -1.46. The zero-order valence-corrected chi connectivity index (χ0v) is 15.8. The van der Waals surface area contributed by atoms with Crippen LogP contribution in [-0.4, -0.2) is 12.3 Å². The van der Waals surface area contributed by atoms with E-state index >= 15 is 0 Å². The SMILES string of the molecule is CCCCCCC(C)O[P+](=O)CC(CC)CCCC.[Co+2]. The van der Waals surface area contributed by atoms with Gasteiger partial charge in [0.2, 0.25) is 0 Å². The third-order valence-electron chi connectivity index (χ3n) is 3.71. The molecule has 1 radical (unpaired) electrons. The van der Waals surface area contributed by atoms with Gasteiger partial charge in [-0.15, -0.1) is 4.52 Å². The molecule has 121 valence electrons. The van der Waals surface area contributed by atoms with Crippen LogP contribution >= 0.6 is 8.03 Å². The predicted molar refractivity (Wildman–Crippen MR) is 85.1 cm³/mol. The Labute approximate surface area is 137 Å². The molecule has 0 saturated heterocycles. The normalized spacial score (nSPS) is 14.5. The molecule has 0 aromatic carbocycles. The quantitative estimate of drug-likeness (QED) is 0.288. The molecular weight excluding hydrogens is 314 g/mol. The Morgan fingerprint density at radius 3 is 2.15 bits per heavy atom. The summed E-state index contributed by atoms with van der Waals surface area (Å²) in [5.74, 6) is 0.579. The van der Waals surface area contributed by atoms with Crippen LogP contribution in [0.5, 0.6) is 0 Å². The van der Waals surface area contributed by atoms with E-state index in [1.165, 1.54) is 44.9 Å². The zero-order chi connectivity index (χ0) is 14.5. The Morgan fingerprint density at radius 2 is 1.60 bits per heavy atom. The molecule has 0 aromatic heterocycles. The standard InChI is InChI=1S/C16H34O2P.Co/c1-5-8-10-11-12-15(4)18-19(17)14-16(7-3)13-9-6-2;/h15-16H,5-14H2,1-4H3;/q+1;+2. The van der Waals surface area contributed by atoms with Gasteiger partial charge in [0.05, 0.1) is 0 Å². The van der Waals surface area contributed by atoms with Crippen molar-refractivity contribution in [2.45, 2.75) is 91.6 Å². The van der Waals surface area contributed by atoms with Crippen molar-refractivity contribution in [3.63, 3.8) is 0 Å². The van der Waals surface area contributed by atoms with Gasteiger partial charge in [-0.25, -0.2) is 0 Å². The van der Waals surface area contributed by atoms with Gasteiger partial charge in [0, 0.05) is 5.92 Å². The van der Waals surface area contributed by atoms with Gasteiger partial charge in [-0.2, -0.15) is 0 Å². The minimum Gasteiger partial charge on any atom is -0.143 e. The number of rotatable bonds is 13. The first-order valence-electron chi connectivity index (χ1n) is 8.25. The van der Waals surface area contributed by atoms with Crippen molar-refractivity contribution < 1.29 is 25.9 Å². The molecule has 0 heterocycles. The minimum atomic E-state index is -1.46. The molecule has 0 aliphatic carbocycles. The van der Waals surface area contributed by atoms with Gasteiger partial charge in [-0.1, -0.05) is 59.3 Å². The summed E-state index contributed by atoms with van der Waals surface area (Å²) in [5, 5.41) is 0. The summed E-state index contributed by atoms with van der Waals surface area (Å²) < 4.78 is 17.7. The van der Waals surface area contributed by atoms with Gasteiger partial charge < -0.3 is 0 Å². The molecule has 0 N–H and O–H groups in total. The molecule has 0 amide bonds. The van der Waals surface area contributed by atoms with Crippen LogP contribution < -0.4 is 0 Å². The summed E-state index contributed by atoms with van der Waals surface area (Å²) in [6.07, 6.45) is 11.8. The third kappa shape index (κ3) is 13.5. The number of hydrogen-bond acceptors (Lipinski definition) is 2. The summed E-state index contributed by atoms with van der Waals surface area (Å²) in [6.45, 7) is 8.68. The monoisotopic (exact) mass is 348 g/mol. The van der Waals surface area contributed by atoms with E-state index in [2.05, 4.69) is 27.7 Å². The van der Waals surface area contributed by atoms with Gasteiger partial charge in [-0.05, 0) is 30.8 Å². The second-order valence-electron chi connectivity index (χ2n) is 5.70. The average Bonchev–Trinajstić information content (AvgIpc) is 2.39. The Morgan fingerprint density at radius 1 is 0.950 bits per heavy atom. The second-order valence-corrected chi connectivity index (χ2v) is 6.94. The molecule has 0 rings (SSSR count). The Balaban J connectivity index is 0. The molecule has 20 heavy (non-hydrogen) atoms. The molecule has 0 aliphatic heterocycles. The number of unbranched alkanes of at least 4 members (excludes halogenated alkanes) is 4. The first-order valence-corrected chi connectivity index (χ1v) is 9.61. The van der Waals surface area contributed by atoms with Crippen molar-refractivity contribution >= 4 is 8.03 Å². The van der Waals surface area contributed by atoms with Crippen LogP contribution in [0.15, 0.2) is 0 Å². The van der Waals surface area contributed by atoms with Crippen molar-refractivity contribution in [1.82, 2.24) is 0 Å². The Hall–Kier alpha value is 0.566. The fourth-order valence-electron chi connectivity index (χ4n) is 2.28. The fraction of sp³-hybridized carbons (Fsp3) is 1.00. The van der Waals surface area contributed by atoms with Crippen LogP contribution in [0.2, 0.25) is 0 Å². The molecule has 0 spiro atoms. The molecule has 0 fully saturated rings. The van der Waals surface area contributed by atoms with E-state index in [0.717, 1.165) is 19.0 Å². The van der Waals surface area contributed by atoms with Gasteiger partial charge in [0.15, 0.2) is 6.16 Å². The van der Waals surface area contributed by atoms with E-state index in [4.69, 9.17) is 4.52 Å². The van der Waals surface area contributed by atoms with Crippen LogP contribution in [0, 0.1) is 5.92 Å². The Bertz CT molecular complexity index is 225. The van der Waals surface area contributed by atoms with Crippen molar-refractivity contribution in [2.75, 3.05) is 6.16 Å². The van der Waals surface area contributed by atoms with Gasteiger partial charge in [0.25, 0.3) is 0 Å². The maximum atomic E-state index is 12.0. The first-order chi connectivity index (χ1) is 9.13. The van der Waals surface area contributed by atoms with Crippen LogP contribution in [0.3, 0.4) is 0 Å². The van der Waals surface area contributed by atoms with Gasteiger partial charge >= 0.3 is 24.8 Å². The van der Waals surface area contributed by atoms with E-state index in [9.17, 15) is 4.57 Å². The van der Waals surface area contributed by atoms with Crippen molar-refractivity contribution in [2.24, 2.45) is 5.92 Å². The summed E-state index contributed by atoms with van der Waals surface area (Å²) in [6, 6.07) is 0. The average molecular weight is 348 g/mol. The molecule has 0 aliphatic rings. The topological polar surface area (TPSA) is 26.3 Å². The van der Waals surface area contributed by atoms with E-state index in [1.807, 2.05) is 0 Å². The largest absolute Gasteiger partial charge is 2.00 e. The maximum absolute atomic E-state index is 12.0. The first kappa shape index (κ1) is 22.8. The molecule has 2 nitrogen and oxygen atoms in total. The van der Waals surface area contributed by atoms with Crippen molar-refractivity contribution in [3.8, 4) is 0 Å². The van der Waals surface area contributed by atoms with E-state index in [1.54, 1.807) is 0 Å². The molecule has 3 atom stereocenters. The van der Waals surface area contributed by atoms with E-state index < -0.39 is 8.03 Å². The van der Waals surface area contributed by atoms with Crippen LogP contribution in [0.25, 0.3) is 0 Å². The summed E-state index contributed by atoms with van der Waals surface area (Å²) in [5.41, 5.74) is 0. The third-order valence-corrected chi connectivity index (χ3v) is 5.12. The molecule has 0 aromatic rings. The van der Waals surface area contributed by atoms with Crippen LogP contribution in [0.4, 0.5) is 0 Å². The molecule has 4 heteroatoms. The van der Waals surface area contributed by atoms with Gasteiger partial charge in [-0.3, -0.25) is 0 Å². The van der Waals surface area contributed by atoms with E-state index in [-0.39, 0.29) is 22.9 Å². The zero-order valence-electron chi connectivity index (χ0n) is 13.8. The molecule has 3 unspecified atom stereocenters. The Kier molecular flexibility index (Phi) is 18.2. The minimum absolute atomic E-state index is 0. The molecule has 0 saturated carbocycles. The summed E-state index contributed by atoms with van der Waals surface area (Å²) >= 11 is 0. The van der Waals surface area contributed by atoms with Crippen molar-refractivity contribution in [1.29, 1.82) is 0 Å². The molecular formula is C16H34CoO2P+3. The van der Waals surface area contributed by atoms with Crippen LogP contribution in [0.1, 0.15) is 85.5 Å². The van der Waals surface area contributed by atoms with Gasteiger partial charge in [0.1, 0.15) is 6.10 Å². The fourth-order valence-corrected chi connectivity index (χ4v) is 3.74. The predicted octanol–water partition coefficient (Wildman–Crippen LogP) is 6.32. The second kappa shape index (κ2) is 15.9. The van der Waals surface area contributed by atoms with E-state index in [0.29, 0.717) is 5.92 Å². The molecule has 0 bridgehead atoms. The van der Waals surface area contributed by atoms with Crippen molar-refractivity contribution in [3.05, 3.63) is 0 Å².